The van der Waals surface area contributed by atoms with Gasteiger partial charge in [-0.1, -0.05) is 18.7 Å². The standard InChI is InChI=1S/C13H15N5S3/c1-3-9-17-13(21-18-9)20-7-10-15-11(14-4-2)8-5-6-19-12(8)16-10/h5-6H,3-4,7H2,1-2H3,(H,14,15,16). The van der Waals surface area contributed by atoms with Crippen LogP contribution in [0.1, 0.15) is 25.5 Å². The fourth-order valence-corrected chi connectivity index (χ4v) is 4.17. The maximum atomic E-state index is 4.62. The average Bonchev–Trinajstić information content (AvgIpc) is 3.14. The first kappa shape index (κ1) is 14.7. The lowest BCUT2D eigenvalue weighted by Crippen LogP contribution is -2.03. The summed E-state index contributed by atoms with van der Waals surface area (Å²) in [6.45, 7) is 4.99. The van der Waals surface area contributed by atoms with Crippen LogP contribution in [0.2, 0.25) is 0 Å². The Kier molecular flexibility index (Phi) is 4.67. The summed E-state index contributed by atoms with van der Waals surface area (Å²) in [4.78, 5) is 14.7. The number of nitrogens with one attached hydrogen (secondary N) is 1. The van der Waals surface area contributed by atoms with Gasteiger partial charge in [0.25, 0.3) is 0 Å². The van der Waals surface area contributed by atoms with E-state index in [9.17, 15) is 0 Å². The monoisotopic (exact) mass is 337 g/mol. The van der Waals surface area contributed by atoms with E-state index in [0.29, 0.717) is 5.75 Å². The van der Waals surface area contributed by atoms with Crippen LogP contribution in [0, 0.1) is 0 Å². The molecule has 0 saturated heterocycles. The number of rotatable bonds is 6. The fourth-order valence-electron chi connectivity index (χ4n) is 1.83. The predicted octanol–water partition coefficient (Wildman–Crippen LogP) is 3.83. The summed E-state index contributed by atoms with van der Waals surface area (Å²) in [5, 5.41) is 6.46. The van der Waals surface area contributed by atoms with Crippen LogP contribution < -0.4 is 5.32 Å². The van der Waals surface area contributed by atoms with Crippen molar-refractivity contribution in [3.05, 3.63) is 23.1 Å². The van der Waals surface area contributed by atoms with Crippen LogP contribution in [0.25, 0.3) is 10.2 Å². The van der Waals surface area contributed by atoms with Crippen molar-refractivity contribution < 1.29 is 0 Å². The molecule has 1 N–H and O–H groups in total. The predicted molar refractivity (Wildman–Crippen MR) is 90.4 cm³/mol. The second kappa shape index (κ2) is 6.67. The van der Waals surface area contributed by atoms with Crippen molar-refractivity contribution in [3.8, 4) is 0 Å². The smallest absolute Gasteiger partial charge is 0.170 e. The van der Waals surface area contributed by atoms with Gasteiger partial charge in [-0.15, -0.1) is 11.3 Å². The number of hydrogen-bond acceptors (Lipinski definition) is 8. The lowest BCUT2D eigenvalue weighted by molar-refractivity contribution is 0.970. The van der Waals surface area contributed by atoms with E-state index in [4.69, 9.17) is 0 Å². The highest BCUT2D eigenvalue weighted by atomic mass is 32.2. The molecule has 0 fully saturated rings. The Morgan fingerprint density at radius 3 is 2.86 bits per heavy atom. The van der Waals surface area contributed by atoms with Gasteiger partial charge in [-0.05, 0) is 29.9 Å². The number of anilines is 1. The molecular formula is C13H15N5S3. The Bertz CT molecular complexity index is 736. The van der Waals surface area contributed by atoms with Crippen molar-refractivity contribution in [1.82, 2.24) is 19.3 Å². The van der Waals surface area contributed by atoms with Gasteiger partial charge in [0, 0.05) is 13.0 Å². The Hall–Kier alpha value is -1.25. The summed E-state index contributed by atoms with van der Waals surface area (Å²) in [5.74, 6) is 3.38. The number of aryl methyl sites for hydroxylation is 1. The molecule has 0 bridgehead atoms. The minimum Gasteiger partial charge on any atom is -0.370 e. The van der Waals surface area contributed by atoms with Crippen LogP contribution in [0.4, 0.5) is 5.82 Å². The molecule has 0 unspecified atom stereocenters. The van der Waals surface area contributed by atoms with E-state index in [2.05, 4.69) is 49.9 Å². The molecule has 0 atom stereocenters. The van der Waals surface area contributed by atoms with Crippen molar-refractivity contribution in [2.45, 2.75) is 30.4 Å². The molecule has 5 nitrogen and oxygen atoms in total. The minimum atomic E-state index is 0.713. The van der Waals surface area contributed by atoms with Crippen molar-refractivity contribution in [2.24, 2.45) is 0 Å². The first-order valence-corrected chi connectivity index (χ1v) is 9.37. The zero-order chi connectivity index (χ0) is 14.7. The SMILES string of the molecule is CCNc1nc(CSc2nc(CC)ns2)nc2sccc12. The van der Waals surface area contributed by atoms with Gasteiger partial charge in [-0.3, -0.25) is 0 Å². The van der Waals surface area contributed by atoms with Gasteiger partial charge >= 0.3 is 0 Å². The van der Waals surface area contributed by atoms with E-state index in [1.54, 1.807) is 23.1 Å². The van der Waals surface area contributed by atoms with Crippen LogP contribution in [0.15, 0.2) is 15.8 Å². The lowest BCUT2D eigenvalue weighted by atomic mass is 10.3. The summed E-state index contributed by atoms with van der Waals surface area (Å²) in [6.07, 6.45) is 0.874. The Morgan fingerprint density at radius 1 is 1.19 bits per heavy atom. The molecule has 3 aromatic heterocycles. The molecule has 3 rings (SSSR count). The van der Waals surface area contributed by atoms with Gasteiger partial charge < -0.3 is 5.32 Å². The molecule has 3 heterocycles. The van der Waals surface area contributed by atoms with E-state index in [0.717, 1.165) is 45.0 Å². The van der Waals surface area contributed by atoms with E-state index in [1.165, 1.54) is 11.5 Å². The van der Waals surface area contributed by atoms with Crippen LogP contribution in [-0.2, 0) is 12.2 Å². The molecule has 110 valence electrons. The first-order valence-electron chi connectivity index (χ1n) is 6.73. The van der Waals surface area contributed by atoms with Gasteiger partial charge in [-0.25, -0.2) is 15.0 Å². The zero-order valence-electron chi connectivity index (χ0n) is 11.8. The van der Waals surface area contributed by atoms with Crippen molar-refractivity contribution in [3.63, 3.8) is 0 Å². The van der Waals surface area contributed by atoms with Gasteiger partial charge in [0.15, 0.2) is 4.34 Å². The molecule has 0 spiro atoms. The van der Waals surface area contributed by atoms with Crippen LogP contribution in [-0.4, -0.2) is 25.9 Å². The Morgan fingerprint density at radius 2 is 2.10 bits per heavy atom. The molecule has 8 heteroatoms. The maximum Gasteiger partial charge on any atom is 0.170 e. The van der Waals surface area contributed by atoms with Gasteiger partial charge in [0.05, 0.1) is 11.1 Å². The maximum absolute atomic E-state index is 4.62. The van der Waals surface area contributed by atoms with Gasteiger partial charge in [0.1, 0.15) is 22.3 Å². The largest absolute Gasteiger partial charge is 0.370 e. The topological polar surface area (TPSA) is 63.6 Å². The lowest BCUT2D eigenvalue weighted by Gasteiger charge is -2.06. The van der Waals surface area contributed by atoms with Crippen LogP contribution in [0.3, 0.4) is 0 Å². The molecule has 3 aromatic rings. The highest BCUT2D eigenvalue weighted by molar-refractivity contribution is 8.00. The number of thiophene rings is 1. The van der Waals surface area contributed by atoms with Crippen LogP contribution in [0.5, 0.6) is 0 Å². The van der Waals surface area contributed by atoms with E-state index in [-0.39, 0.29) is 0 Å². The molecule has 0 aliphatic heterocycles. The highest BCUT2D eigenvalue weighted by Gasteiger charge is 2.10. The molecule has 0 radical (unpaired) electrons. The molecule has 0 saturated carbocycles. The average molecular weight is 337 g/mol. The Labute approximate surface area is 135 Å². The van der Waals surface area contributed by atoms with Crippen LogP contribution >= 0.6 is 34.6 Å². The van der Waals surface area contributed by atoms with E-state index in [1.807, 2.05) is 0 Å². The first-order chi connectivity index (χ1) is 10.3. The van der Waals surface area contributed by atoms with E-state index >= 15 is 0 Å². The molecule has 0 aliphatic rings. The fraction of sp³-hybridized carbons (Fsp3) is 0.385. The summed E-state index contributed by atoms with van der Waals surface area (Å²) in [7, 11) is 0. The molecule has 0 amide bonds. The zero-order valence-corrected chi connectivity index (χ0v) is 14.2. The van der Waals surface area contributed by atoms with Gasteiger partial charge in [0.2, 0.25) is 0 Å². The minimum absolute atomic E-state index is 0.713. The third kappa shape index (κ3) is 3.33. The highest BCUT2D eigenvalue weighted by Crippen LogP contribution is 2.28. The molecule has 21 heavy (non-hydrogen) atoms. The van der Waals surface area contributed by atoms with Crippen molar-refractivity contribution in [1.29, 1.82) is 0 Å². The van der Waals surface area contributed by atoms with Crippen molar-refractivity contribution in [2.75, 3.05) is 11.9 Å². The summed E-state index contributed by atoms with van der Waals surface area (Å²) >= 11 is 4.74. The summed E-state index contributed by atoms with van der Waals surface area (Å²) in [5.41, 5.74) is 0. The third-order valence-electron chi connectivity index (χ3n) is 2.81. The number of hydrogen-bond donors (Lipinski definition) is 1. The summed E-state index contributed by atoms with van der Waals surface area (Å²) < 4.78 is 5.27. The number of nitrogens with zero attached hydrogens (tertiary/aromatic N) is 4. The van der Waals surface area contributed by atoms with E-state index < -0.39 is 0 Å². The molecule has 0 aromatic carbocycles. The second-order valence-corrected chi connectivity index (χ2v) is 7.15. The number of aromatic nitrogens is 4. The van der Waals surface area contributed by atoms with Gasteiger partial charge in [-0.2, -0.15) is 4.37 Å². The third-order valence-corrected chi connectivity index (χ3v) is 5.48. The summed E-state index contributed by atoms with van der Waals surface area (Å²) in [6, 6.07) is 2.06. The number of thioether (sulfide) groups is 1. The second-order valence-electron chi connectivity index (χ2n) is 4.28. The number of fused-ring (bicyclic) bond motifs is 1. The molecule has 0 aliphatic carbocycles. The quantitative estimate of drug-likeness (QED) is 0.690. The van der Waals surface area contributed by atoms with Crippen molar-refractivity contribution >= 4 is 50.7 Å². The Balaban J connectivity index is 1.79. The molecular weight excluding hydrogens is 322 g/mol. The normalized spacial score (nSPS) is 11.1.